The number of hydrogen-bond donors (Lipinski definition) is 3. The number of hydrogen-bond acceptors (Lipinski definition) is 5. The van der Waals surface area contributed by atoms with Crippen molar-refractivity contribution in [1.29, 1.82) is 0 Å². The summed E-state index contributed by atoms with van der Waals surface area (Å²) in [6.45, 7) is 3.11. The predicted molar refractivity (Wildman–Crippen MR) is 75.1 cm³/mol. The SMILES string of the molecule is CN1CCOC(CNc2c(N)cccc2C(N)=O)C1. The highest BCUT2D eigenvalue weighted by Crippen LogP contribution is 2.23. The normalized spacial score (nSPS) is 20.2. The van der Waals surface area contributed by atoms with Crippen LogP contribution < -0.4 is 16.8 Å². The van der Waals surface area contributed by atoms with Gasteiger partial charge >= 0.3 is 0 Å². The molecule has 0 radical (unpaired) electrons. The summed E-state index contributed by atoms with van der Waals surface area (Å²) in [7, 11) is 2.06. The molecule has 1 saturated heterocycles. The highest BCUT2D eigenvalue weighted by atomic mass is 16.5. The number of nitrogens with zero attached hydrogens (tertiary/aromatic N) is 1. The third-order valence-electron chi connectivity index (χ3n) is 3.21. The molecule has 1 aromatic rings. The number of ether oxygens (including phenoxy) is 1. The van der Waals surface area contributed by atoms with Crippen molar-refractivity contribution in [2.75, 3.05) is 44.3 Å². The summed E-state index contributed by atoms with van der Waals surface area (Å²) in [6, 6.07) is 5.11. The fourth-order valence-electron chi connectivity index (χ4n) is 2.18. The summed E-state index contributed by atoms with van der Waals surface area (Å²) in [5.74, 6) is -0.489. The number of rotatable bonds is 4. The van der Waals surface area contributed by atoms with E-state index < -0.39 is 5.91 Å². The zero-order valence-corrected chi connectivity index (χ0v) is 11.1. The Morgan fingerprint density at radius 2 is 2.37 bits per heavy atom. The molecule has 1 amide bonds. The average molecular weight is 264 g/mol. The van der Waals surface area contributed by atoms with Gasteiger partial charge in [-0.25, -0.2) is 0 Å². The van der Waals surface area contributed by atoms with E-state index in [2.05, 4.69) is 17.3 Å². The number of amides is 1. The van der Waals surface area contributed by atoms with Gasteiger partial charge in [0.2, 0.25) is 0 Å². The van der Waals surface area contributed by atoms with Crippen molar-refractivity contribution in [3.8, 4) is 0 Å². The van der Waals surface area contributed by atoms with Crippen molar-refractivity contribution in [3.05, 3.63) is 23.8 Å². The molecule has 2 rings (SSSR count). The second-order valence-electron chi connectivity index (χ2n) is 4.77. The van der Waals surface area contributed by atoms with Crippen LogP contribution in [-0.4, -0.2) is 50.2 Å². The summed E-state index contributed by atoms with van der Waals surface area (Å²) in [5.41, 5.74) is 12.7. The molecule has 1 atom stereocenters. The van der Waals surface area contributed by atoms with Gasteiger partial charge in [0.1, 0.15) is 0 Å². The second-order valence-corrected chi connectivity index (χ2v) is 4.77. The Hall–Kier alpha value is -1.79. The summed E-state index contributed by atoms with van der Waals surface area (Å²) >= 11 is 0. The molecule has 0 spiro atoms. The molecular formula is C13H20N4O2. The lowest BCUT2D eigenvalue weighted by atomic mass is 10.1. The Morgan fingerprint density at radius 3 is 3.05 bits per heavy atom. The molecule has 1 aliphatic rings. The molecule has 6 nitrogen and oxygen atoms in total. The molecule has 1 aliphatic heterocycles. The number of benzene rings is 1. The summed E-state index contributed by atoms with van der Waals surface area (Å²) in [4.78, 5) is 13.6. The molecule has 1 heterocycles. The van der Waals surface area contributed by atoms with Crippen LogP contribution in [0.4, 0.5) is 11.4 Å². The van der Waals surface area contributed by atoms with E-state index in [1.165, 1.54) is 0 Å². The average Bonchev–Trinajstić information content (AvgIpc) is 2.37. The third-order valence-corrected chi connectivity index (χ3v) is 3.21. The maximum Gasteiger partial charge on any atom is 0.250 e. The van der Waals surface area contributed by atoms with E-state index in [-0.39, 0.29) is 6.10 Å². The fraction of sp³-hybridized carbons (Fsp3) is 0.462. The van der Waals surface area contributed by atoms with Gasteiger partial charge in [0, 0.05) is 19.6 Å². The van der Waals surface area contributed by atoms with Gasteiger partial charge < -0.3 is 26.4 Å². The molecular weight excluding hydrogens is 244 g/mol. The maximum atomic E-state index is 11.4. The van der Waals surface area contributed by atoms with Gasteiger partial charge in [-0.05, 0) is 19.2 Å². The zero-order chi connectivity index (χ0) is 13.8. The van der Waals surface area contributed by atoms with Crippen molar-refractivity contribution in [2.24, 2.45) is 5.73 Å². The standard InChI is InChI=1S/C13H20N4O2/c1-17-5-6-19-9(8-17)7-16-12-10(13(15)18)3-2-4-11(12)14/h2-4,9,16H,5-8,14H2,1H3,(H2,15,18). The van der Waals surface area contributed by atoms with Crippen LogP contribution in [0.1, 0.15) is 10.4 Å². The smallest absolute Gasteiger partial charge is 0.250 e. The molecule has 6 heteroatoms. The number of anilines is 2. The maximum absolute atomic E-state index is 11.4. The summed E-state index contributed by atoms with van der Waals surface area (Å²) in [5, 5.41) is 3.18. The van der Waals surface area contributed by atoms with E-state index >= 15 is 0 Å². The number of primary amides is 1. The highest BCUT2D eigenvalue weighted by molar-refractivity contribution is 6.01. The number of likely N-dealkylation sites (N-methyl/N-ethyl adjacent to an activating group) is 1. The molecule has 19 heavy (non-hydrogen) atoms. The minimum atomic E-state index is -0.489. The molecule has 1 aromatic carbocycles. The number of morpholine rings is 1. The fourth-order valence-corrected chi connectivity index (χ4v) is 2.18. The van der Waals surface area contributed by atoms with Gasteiger partial charge in [-0.3, -0.25) is 4.79 Å². The Balaban J connectivity index is 2.04. The molecule has 0 aromatic heterocycles. The third kappa shape index (κ3) is 3.36. The first kappa shape index (κ1) is 13.6. The van der Waals surface area contributed by atoms with Gasteiger partial charge in [0.15, 0.2) is 0 Å². The topological polar surface area (TPSA) is 93.6 Å². The van der Waals surface area contributed by atoms with E-state index in [4.69, 9.17) is 16.2 Å². The second kappa shape index (κ2) is 5.90. The quantitative estimate of drug-likeness (QED) is 0.671. The van der Waals surface area contributed by atoms with E-state index in [9.17, 15) is 4.79 Å². The Morgan fingerprint density at radius 1 is 1.58 bits per heavy atom. The van der Waals surface area contributed by atoms with E-state index in [1.807, 2.05) is 0 Å². The van der Waals surface area contributed by atoms with Crippen molar-refractivity contribution >= 4 is 17.3 Å². The van der Waals surface area contributed by atoms with Crippen molar-refractivity contribution in [3.63, 3.8) is 0 Å². The van der Waals surface area contributed by atoms with Crippen molar-refractivity contribution < 1.29 is 9.53 Å². The molecule has 104 valence electrons. The van der Waals surface area contributed by atoms with Crippen LogP contribution >= 0.6 is 0 Å². The Bertz CT molecular complexity index is 464. The first-order valence-electron chi connectivity index (χ1n) is 6.30. The van der Waals surface area contributed by atoms with E-state index in [0.717, 1.165) is 19.7 Å². The monoisotopic (exact) mass is 264 g/mol. The Kier molecular flexibility index (Phi) is 4.24. The predicted octanol–water partition coefficient (Wildman–Crippen LogP) is 0.110. The van der Waals surface area contributed by atoms with Crippen molar-refractivity contribution in [2.45, 2.75) is 6.10 Å². The van der Waals surface area contributed by atoms with Crippen LogP contribution in [0.2, 0.25) is 0 Å². The molecule has 5 N–H and O–H groups in total. The van der Waals surface area contributed by atoms with Crippen LogP contribution in [0.15, 0.2) is 18.2 Å². The van der Waals surface area contributed by atoms with Gasteiger partial charge in [-0.15, -0.1) is 0 Å². The number of para-hydroxylation sites is 1. The molecule has 0 bridgehead atoms. The van der Waals surface area contributed by atoms with Crippen LogP contribution in [-0.2, 0) is 4.74 Å². The van der Waals surface area contributed by atoms with Crippen LogP contribution in [0, 0.1) is 0 Å². The zero-order valence-electron chi connectivity index (χ0n) is 11.1. The highest BCUT2D eigenvalue weighted by Gasteiger charge is 2.18. The van der Waals surface area contributed by atoms with Gasteiger partial charge in [0.25, 0.3) is 5.91 Å². The minimum Gasteiger partial charge on any atom is -0.397 e. The van der Waals surface area contributed by atoms with E-state index in [1.54, 1.807) is 18.2 Å². The van der Waals surface area contributed by atoms with Crippen molar-refractivity contribution in [1.82, 2.24) is 4.90 Å². The largest absolute Gasteiger partial charge is 0.397 e. The minimum absolute atomic E-state index is 0.0825. The molecule has 1 unspecified atom stereocenters. The number of carbonyl (C=O) groups excluding carboxylic acids is 1. The lowest BCUT2D eigenvalue weighted by Crippen LogP contribution is -2.43. The van der Waals surface area contributed by atoms with E-state index in [0.29, 0.717) is 23.5 Å². The number of nitrogens with one attached hydrogen (secondary N) is 1. The number of carbonyl (C=O) groups is 1. The first-order chi connectivity index (χ1) is 9.08. The summed E-state index contributed by atoms with van der Waals surface area (Å²) in [6.07, 6.45) is 0.0825. The van der Waals surface area contributed by atoms with Gasteiger partial charge in [-0.2, -0.15) is 0 Å². The lowest BCUT2D eigenvalue weighted by molar-refractivity contribution is -0.0117. The molecule has 1 fully saturated rings. The lowest BCUT2D eigenvalue weighted by Gasteiger charge is -2.30. The summed E-state index contributed by atoms with van der Waals surface area (Å²) < 4.78 is 5.65. The number of nitrogens with two attached hydrogens (primary N) is 2. The number of nitrogen functional groups attached to an aromatic ring is 1. The Labute approximate surface area is 112 Å². The molecule has 0 aliphatic carbocycles. The van der Waals surface area contributed by atoms with Gasteiger partial charge in [-0.1, -0.05) is 6.07 Å². The first-order valence-corrected chi connectivity index (χ1v) is 6.30. The van der Waals surface area contributed by atoms with Gasteiger partial charge in [0.05, 0.1) is 29.6 Å². The van der Waals surface area contributed by atoms with Crippen LogP contribution in [0.25, 0.3) is 0 Å². The van der Waals surface area contributed by atoms with Crippen LogP contribution in [0.5, 0.6) is 0 Å². The van der Waals surface area contributed by atoms with Crippen LogP contribution in [0.3, 0.4) is 0 Å². The molecule has 0 saturated carbocycles.